The van der Waals surface area contributed by atoms with E-state index in [0.29, 0.717) is 5.92 Å². The summed E-state index contributed by atoms with van der Waals surface area (Å²) in [6.45, 7) is 9.89. The Morgan fingerprint density at radius 3 is 2.56 bits per heavy atom. The van der Waals surface area contributed by atoms with E-state index in [4.69, 9.17) is 0 Å². The Balaban J connectivity index is 2.82. The van der Waals surface area contributed by atoms with Crippen molar-refractivity contribution in [3.05, 3.63) is 20.3 Å². The van der Waals surface area contributed by atoms with Crippen molar-refractivity contribution in [2.24, 2.45) is 5.92 Å². The van der Waals surface area contributed by atoms with Gasteiger partial charge < -0.3 is 4.90 Å². The summed E-state index contributed by atoms with van der Waals surface area (Å²) >= 11 is 4.97. The van der Waals surface area contributed by atoms with Gasteiger partial charge in [-0.2, -0.15) is 0 Å². The molecule has 0 aromatic carbocycles. The molecule has 0 spiro atoms. The molecule has 16 heavy (non-hydrogen) atoms. The third kappa shape index (κ3) is 3.32. The molecule has 0 bridgehead atoms. The van der Waals surface area contributed by atoms with Crippen molar-refractivity contribution in [1.82, 2.24) is 4.90 Å². The van der Waals surface area contributed by atoms with Gasteiger partial charge in [0.1, 0.15) is 0 Å². The lowest BCUT2D eigenvalue weighted by atomic mass is 10.2. The first-order chi connectivity index (χ1) is 7.45. The standard InChI is InChI=1S/C12H18BrNOS/c1-5-14(7-8(2)3)12(15)10-6-9(4)11(13)16-10/h6,8H,5,7H2,1-4H3. The van der Waals surface area contributed by atoms with Crippen LogP contribution in [0, 0.1) is 12.8 Å². The third-order valence-corrected chi connectivity index (χ3v) is 4.45. The van der Waals surface area contributed by atoms with Crippen LogP contribution in [0.15, 0.2) is 9.85 Å². The van der Waals surface area contributed by atoms with Crippen molar-refractivity contribution in [2.75, 3.05) is 13.1 Å². The van der Waals surface area contributed by atoms with Gasteiger partial charge in [-0.25, -0.2) is 0 Å². The Morgan fingerprint density at radius 1 is 1.56 bits per heavy atom. The second-order valence-corrected chi connectivity index (χ2v) is 6.68. The van der Waals surface area contributed by atoms with Gasteiger partial charge in [0.25, 0.3) is 5.91 Å². The number of halogens is 1. The Morgan fingerprint density at radius 2 is 2.19 bits per heavy atom. The van der Waals surface area contributed by atoms with Crippen molar-refractivity contribution in [1.29, 1.82) is 0 Å². The second kappa shape index (κ2) is 5.82. The molecule has 0 saturated carbocycles. The van der Waals surface area contributed by atoms with Crippen LogP contribution in [0.1, 0.15) is 36.0 Å². The highest BCUT2D eigenvalue weighted by Crippen LogP contribution is 2.28. The highest BCUT2D eigenvalue weighted by atomic mass is 79.9. The van der Waals surface area contributed by atoms with Gasteiger partial charge in [0, 0.05) is 13.1 Å². The van der Waals surface area contributed by atoms with Gasteiger partial charge in [0.15, 0.2) is 0 Å². The first-order valence-corrected chi connectivity index (χ1v) is 7.11. The largest absolute Gasteiger partial charge is 0.338 e. The summed E-state index contributed by atoms with van der Waals surface area (Å²) in [6, 6.07) is 1.96. The SMILES string of the molecule is CCN(CC(C)C)C(=O)c1cc(C)c(Br)s1. The normalized spacial score (nSPS) is 10.9. The molecule has 1 rings (SSSR count). The van der Waals surface area contributed by atoms with Crippen LogP contribution in [0.4, 0.5) is 0 Å². The molecule has 0 unspecified atom stereocenters. The quantitative estimate of drug-likeness (QED) is 0.825. The number of hydrogen-bond acceptors (Lipinski definition) is 2. The third-order valence-electron chi connectivity index (χ3n) is 2.32. The lowest BCUT2D eigenvalue weighted by Gasteiger charge is -2.22. The summed E-state index contributed by atoms with van der Waals surface area (Å²) in [7, 11) is 0. The fourth-order valence-electron chi connectivity index (χ4n) is 1.52. The first kappa shape index (κ1) is 13.7. The average molecular weight is 304 g/mol. The molecule has 0 N–H and O–H groups in total. The second-order valence-electron chi connectivity index (χ2n) is 4.31. The van der Waals surface area contributed by atoms with Crippen molar-refractivity contribution in [2.45, 2.75) is 27.7 Å². The number of nitrogens with zero attached hydrogens (tertiary/aromatic N) is 1. The molecule has 0 atom stereocenters. The highest BCUT2D eigenvalue weighted by Gasteiger charge is 2.18. The van der Waals surface area contributed by atoms with Crippen molar-refractivity contribution in [3.63, 3.8) is 0 Å². The number of hydrogen-bond donors (Lipinski definition) is 0. The van der Waals surface area contributed by atoms with Crippen molar-refractivity contribution in [3.8, 4) is 0 Å². The molecule has 0 aliphatic carbocycles. The Kier molecular flexibility index (Phi) is 4.99. The van der Waals surface area contributed by atoms with Gasteiger partial charge in [-0.15, -0.1) is 11.3 Å². The lowest BCUT2D eigenvalue weighted by Crippen LogP contribution is -2.33. The maximum absolute atomic E-state index is 12.2. The van der Waals surface area contributed by atoms with Gasteiger partial charge in [0.05, 0.1) is 8.66 Å². The topological polar surface area (TPSA) is 20.3 Å². The highest BCUT2D eigenvalue weighted by molar-refractivity contribution is 9.11. The van der Waals surface area contributed by atoms with Crippen LogP contribution in [0.3, 0.4) is 0 Å². The predicted molar refractivity (Wildman–Crippen MR) is 73.2 cm³/mol. The van der Waals surface area contributed by atoms with Crippen LogP contribution in [0.5, 0.6) is 0 Å². The minimum atomic E-state index is 0.148. The van der Waals surface area contributed by atoms with E-state index in [1.807, 2.05) is 24.8 Å². The van der Waals surface area contributed by atoms with Gasteiger partial charge in [0.2, 0.25) is 0 Å². The van der Waals surface area contributed by atoms with Gasteiger partial charge in [-0.05, 0) is 47.3 Å². The molecule has 0 aliphatic heterocycles. The number of rotatable bonds is 4. The number of carbonyl (C=O) groups is 1. The van der Waals surface area contributed by atoms with Crippen LogP contribution in [0.2, 0.25) is 0 Å². The van der Waals surface area contributed by atoms with E-state index in [2.05, 4.69) is 29.8 Å². The molecule has 0 fully saturated rings. The lowest BCUT2D eigenvalue weighted by molar-refractivity contribution is 0.0750. The van der Waals surface area contributed by atoms with E-state index in [1.54, 1.807) is 0 Å². The maximum Gasteiger partial charge on any atom is 0.263 e. The molecule has 1 amide bonds. The van der Waals surface area contributed by atoms with E-state index < -0.39 is 0 Å². The van der Waals surface area contributed by atoms with Crippen molar-refractivity contribution >= 4 is 33.2 Å². The van der Waals surface area contributed by atoms with Crippen LogP contribution in [0.25, 0.3) is 0 Å². The minimum Gasteiger partial charge on any atom is -0.338 e. The van der Waals surface area contributed by atoms with Gasteiger partial charge >= 0.3 is 0 Å². The van der Waals surface area contributed by atoms with Crippen molar-refractivity contribution < 1.29 is 4.79 Å². The zero-order chi connectivity index (χ0) is 12.3. The van der Waals surface area contributed by atoms with Crippen LogP contribution >= 0.6 is 27.3 Å². The summed E-state index contributed by atoms with van der Waals surface area (Å²) in [5, 5.41) is 0. The summed E-state index contributed by atoms with van der Waals surface area (Å²) in [4.78, 5) is 14.9. The number of amides is 1. The molecule has 2 nitrogen and oxygen atoms in total. The summed E-state index contributed by atoms with van der Waals surface area (Å²) < 4.78 is 1.05. The van der Waals surface area contributed by atoms with Crippen LogP contribution in [-0.4, -0.2) is 23.9 Å². The first-order valence-electron chi connectivity index (χ1n) is 5.50. The molecule has 1 aromatic heterocycles. The van der Waals surface area contributed by atoms with E-state index in [9.17, 15) is 4.79 Å². The fourth-order valence-corrected chi connectivity index (χ4v) is 3.02. The van der Waals surface area contributed by atoms with E-state index in [-0.39, 0.29) is 5.91 Å². The summed E-state index contributed by atoms with van der Waals surface area (Å²) in [6.07, 6.45) is 0. The Labute approximate surface area is 110 Å². The fraction of sp³-hybridized carbons (Fsp3) is 0.583. The van der Waals surface area contributed by atoms with E-state index in [1.165, 1.54) is 11.3 Å². The van der Waals surface area contributed by atoms with E-state index in [0.717, 1.165) is 27.3 Å². The molecule has 4 heteroatoms. The summed E-state index contributed by atoms with van der Waals surface area (Å²) in [5.74, 6) is 0.656. The molecule has 0 aliphatic rings. The van der Waals surface area contributed by atoms with Crippen LogP contribution < -0.4 is 0 Å². The zero-order valence-corrected chi connectivity index (χ0v) is 12.6. The zero-order valence-electron chi connectivity index (χ0n) is 10.2. The maximum atomic E-state index is 12.2. The number of aryl methyl sites for hydroxylation is 1. The Hall–Kier alpha value is -0.350. The smallest absolute Gasteiger partial charge is 0.263 e. The molecule has 0 saturated heterocycles. The molecular weight excluding hydrogens is 286 g/mol. The molecule has 90 valence electrons. The summed E-state index contributed by atoms with van der Waals surface area (Å²) in [5.41, 5.74) is 1.13. The number of carbonyl (C=O) groups excluding carboxylic acids is 1. The average Bonchev–Trinajstić information content (AvgIpc) is 2.54. The predicted octanol–water partition coefficient (Wildman–Crippen LogP) is 3.94. The van der Waals surface area contributed by atoms with Gasteiger partial charge in [-0.1, -0.05) is 13.8 Å². The minimum absolute atomic E-state index is 0.148. The van der Waals surface area contributed by atoms with Gasteiger partial charge in [-0.3, -0.25) is 4.79 Å². The Bertz CT molecular complexity index is 354. The van der Waals surface area contributed by atoms with Crippen LogP contribution in [-0.2, 0) is 0 Å². The molecular formula is C12H18BrNOS. The van der Waals surface area contributed by atoms with E-state index >= 15 is 0 Å². The molecule has 0 radical (unpaired) electrons. The molecule has 1 heterocycles. The number of thiophene rings is 1. The monoisotopic (exact) mass is 303 g/mol. The molecule has 1 aromatic rings.